The maximum absolute atomic E-state index is 13.2. The summed E-state index contributed by atoms with van der Waals surface area (Å²) < 4.78 is 29.0. The van der Waals surface area contributed by atoms with Gasteiger partial charge in [-0.05, 0) is 61.8 Å². The first-order valence-electron chi connectivity index (χ1n) is 11.0. The molecule has 0 spiro atoms. The van der Waals surface area contributed by atoms with E-state index in [1.165, 1.54) is 6.07 Å². The second-order valence-electron chi connectivity index (χ2n) is 8.76. The minimum atomic E-state index is -3.87. The number of rotatable bonds is 6. The van der Waals surface area contributed by atoms with Gasteiger partial charge in [0.1, 0.15) is 6.04 Å². The van der Waals surface area contributed by atoms with Gasteiger partial charge in [0.05, 0.1) is 4.90 Å². The monoisotopic (exact) mass is 435 g/mol. The zero-order valence-corrected chi connectivity index (χ0v) is 18.8. The van der Waals surface area contributed by atoms with Crippen molar-refractivity contribution >= 4 is 27.5 Å². The highest BCUT2D eigenvalue weighted by Gasteiger charge is 2.30. The lowest BCUT2D eigenvalue weighted by Gasteiger charge is -2.27. The zero-order chi connectivity index (χ0) is 21.7. The Morgan fingerprint density at radius 2 is 1.80 bits per heavy atom. The first-order chi connectivity index (χ1) is 14.3. The molecule has 2 amide bonds. The quantitative estimate of drug-likeness (QED) is 0.718. The highest BCUT2D eigenvalue weighted by molar-refractivity contribution is 7.89. The van der Waals surface area contributed by atoms with E-state index in [2.05, 4.69) is 10.0 Å². The molecule has 0 saturated carbocycles. The number of likely N-dealkylation sites (tertiary alicyclic amines) is 1. The molecule has 0 bridgehead atoms. The second-order valence-corrected chi connectivity index (χ2v) is 10.5. The van der Waals surface area contributed by atoms with Crippen molar-refractivity contribution in [3.63, 3.8) is 0 Å². The van der Waals surface area contributed by atoms with Crippen molar-refractivity contribution < 1.29 is 18.0 Å². The van der Waals surface area contributed by atoms with Gasteiger partial charge >= 0.3 is 0 Å². The van der Waals surface area contributed by atoms with Gasteiger partial charge in [0.25, 0.3) is 0 Å². The van der Waals surface area contributed by atoms with Crippen LogP contribution in [-0.4, -0.2) is 44.3 Å². The lowest BCUT2D eigenvalue weighted by molar-refractivity contribution is -0.133. The van der Waals surface area contributed by atoms with E-state index in [-0.39, 0.29) is 22.6 Å². The van der Waals surface area contributed by atoms with Crippen LogP contribution in [0.3, 0.4) is 0 Å². The molecular formula is C22H33N3O4S. The summed E-state index contributed by atoms with van der Waals surface area (Å²) in [7, 11) is -3.87. The normalized spacial score (nSPS) is 18.9. The average Bonchev–Trinajstić information content (AvgIpc) is 3.06. The number of carbonyl (C=O) groups is 2. The molecule has 0 aliphatic carbocycles. The van der Waals surface area contributed by atoms with Gasteiger partial charge in [-0.2, -0.15) is 4.72 Å². The number of hydrogen-bond donors (Lipinski definition) is 2. The largest absolute Gasteiger partial charge is 0.341 e. The lowest BCUT2D eigenvalue weighted by Crippen LogP contribution is -2.49. The van der Waals surface area contributed by atoms with Crippen LogP contribution in [0.4, 0.5) is 5.69 Å². The third-order valence-electron chi connectivity index (χ3n) is 5.73. The standard InChI is InChI=1S/C22H33N3O4S/c1-16(2)14-20(22(27)25-12-5-3-4-6-13-25)24-30(28,29)18-10-11-19-17(15-18)8-7-9-21(26)23-19/h10-11,15-16,20,24H,3-9,12-14H2,1-2H3,(H,23,26)/t20-/m0/s1. The molecule has 7 nitrogen and oxygen atoms in total. The lowest BCUT2D eigenvalue weighted by atomic mass is 10.0. The summed E-state index contributed by atoms with van der Waals surface area (Å²) >= 11 is 0. The molecule has 30 heavy (non-hydrogen) atoms. The van der Waals surface area contributed by atoms with Crippen LogP contribution in [-0.2, 0) is 26.0 Å². The Kier molecular flexibility index (Phi) is 7.52. The predicted octanol–water partition coefficient (Wildman–Crippen LogP) is 3.06. The van der Waals surface area contributed by atoms with E-state index in [1.807, 2.05) is 18.7 Å². The van der Waals surface area contributed by atoms with Gasteiger partial charge in [-0.3, -0.25) is 9.59 Å². The summed E-state index contributed by atoms with van der Waals surface area (Å²) in [6, 6.07) is 3.98. The fraction of sp³-hybridized carbons (Fsp3) is 0.636. The molecule has 1 aromatic carbocycles. The SMILES string of the molecule is CC(C)C[C@H](NS(=O)(=O)c1ccc2c(c1)CCCC(=O)N2)C(=O)N1CCCCCC1. The number of nitrogens with one attached hydrogen (secondary N) is 2. The first-order valence-corrected chi connectivity index (χ1v) is 12.5. The molecule has 1 atom stereocenters. The van der Waals surface area contributed by atoms with E-state index < -0.39 is 16.1 Å². The third kappa shape index (κ3) is 5.82. The Hall–Kier alpha value is -1.93. The summed E-state index contributed by atoms with van der Waals surface area (Å²) in [5, 5.41) is 2.82. The molecule has 2 N–H and O–H groups in total. The van der Waals surface area contributed by atoms with Crippen molar-refractivity contribution in [1.29, 1.82) is 0 Å². The molecule has 8 heteroatoms. The van der Waals surface area contributed by atoms with Crippen LogP contribution in [0, 0.1) is 5.92 Å². The summed E-state index contributed by atoms with van der Waals surface area (Å²) in [6.07, 6.45) is 6.34. The molecule has 166 valence electrons. The number of benzene rings is 1. The Labute approximate surface area is 179 Å². The van der Waals surface area contributed by atoms with Crippen molar-refractivity contribution in [3.8, 4) is 0 Å². The van der Waals surface area contributed by atoms with Gasteiger partial charge < -0.3 is 10.2 Å². The van der Waals surface area contributed by atoms with Gasteiger partial charge in [-0.15, -0.1) is 0 Å². The summed E-state index contributed by atoms with van der Waals surface area (Å²) in [5.74, 6) is -0.00499. The highest BCUT2D eigenvalue weighted by atomic mass is 32.2. The molecule has 0 aromatic heterocycles. The van der Waals surface area contributed by atoms with Gasteiger partial charge in [-0.1, -0.05) is 26.7 Å². The fourth-order valence-corrected chi connectivity index (χ4v) is 5.41. The third-order valence-corrected chi connectivity index (χ3v) is 7.20. The van der Waals surface area contributed by atoms with Crippen LogP contribution in [0.1, 0.15) is 64.4 Å². The van der Waals surface area contributed by atoms with Crippen molar-refractivity contribution in [2.75, 3.05) is 18.4 Å². The smallest absolute Gasteiger partial charge is 0.241 e. The van der Waals surface area contributed by atoms with Crippen LogP contribution in [0.2, 0.25) is 0 Å². The molecule has 2 aliphatic heterocycles. The van der Waals surface area contributed by atoms with Crippen molar-refractivity contribution in [2.45, 2.75) is 76.2 Å². The Morgan fingerprint density at radius 3 is 2.47 bits per heavy atom. The van der Waals surface area contributed by atoms with Gasteiger partial charge in [0.15, 0.2) is 0 Å². The Bertz CT molecular complexity index is 874. The van der Waals surface area contributed by atoms with E-state index in [4.69, 9.17) is 0 Å². The number of nitrogens with zero attached hydrogens (tertiary/aromatic N) is 1. The summed E-state index contributed by atoms with van der Waals surface area (Å²) in [5.41, 5.74) is 1.47. The fourth-order valence-electron chi connectivity index (χ4n) is 4.16. The summed E-state index contributed by atoms with van der Waals surface area (Å²) in [4.78, 5) is 26.9. The maximum Gasteiger partial charge on any atom is 0.241 e. The van der Waals surface area contributed by atoms with Crippen molar-refractivity contribution in [1.82, 2.24) is 9.62 Å². The Balaban J connectivity index is 1.81. The molecule has 3 rings (SSSR count). The predicted molar refractivity (Wildman–Crippen MR) is 117 cm³/mol. The molecule has 1 aromatic rings. The van der Waals surface area contributed by atoms with E-state index in [1.54, 1.807) is 12.1 Å². The number of fused-ring (bicyclic) bond motifs is 1. The summed E-state index contributed by atoms with van der Waals surface area (Å²) in [6.45, 7) is 5.35. The molecule has 2 heterocycles. The average molecular weight is 436 g/mol. The number of anilines is 1. The number of amides is 2. The Morgan fingerprint density at radius 1 is 1.10 bits per heavy atom. The van der Waals surface area contributed by atoms with E-state index in [0.717, 1.165) is 31.2 Å². The highest BCUT2D eigenvalue weighted by Crippen LogP contribution is 2.26. The topological polar surface area (TPSA) is 95.6 Å². The molecule has 0 unspecified atom stereocenters. The minimum Gasteiger partial charge on any atom is -0.341 e. The van der Waals surface area contributed by atoms with E-state index in [0.29, 0.717) is 44.5 Å². The van der Waals surface area contributed by atoms with Crippen LogP contribution >= 0.6 is 0 Å². The van der Waals surface area contributed by atoms with Crippen LogP contribution < -0.4 is 10.0 Å². The minimum absolute atomic E-state index is 0.0532. The molecule has 1 fully saturated rings. The van der Waals surface area contributed by atoms with Gasteiger partial charge in [-0.25, -0.2) is 8.42 Å². The number of carbonyl (C=O) groups excluding carboxylic acids is 2. The van der Waals surface area contributed by atoms with Crippen LogP contribution in [0.15, 0.2) is 23.1 Å². The molecular weight excluding hydrogens is 402 g/mol. The molecule has 2 aliphatic rings. The maximum atomic E-state index is 13.2. The first kappa shape index (κ1) is 22.7. The van der Waals surface area contributed by atoms with Crippen molar-refractivity contribution in [3.05, 3.63) is 23.8 Å². The van der Waals surface area contributed by atoms with Gasteiger partial charge in [0.2, 0.25) is 21.8 Å². The molecule has 1 saturated heterocycles. The van der Waals surface area contributed by atoms with Crippen LogP contribution in [0.25, 0.3) is 0 Å². The molecule has 0 radical (unpaired) electrons. The van der Waals surface area contributed by atoms with Crippen molar-refractivity contribution in [2.24, 2.45) is 5.92 Å². The van der Waals surface area contributed by atoms with E-state index >= 15 is 0 Å². The van der Waals surface area contributed by atoms with Gasteiger partial charge in [0, 0.05) is 25.2 Å². The number of aryl methyl sites for hydroxylation is 1. The number of hydrogen-bond acceptors (Lipinski definition) is 4. The van der Waals surface area contributed by atoms with E-state index in [9.17, 15) is 18.0 Å². The second kappa shape index (κ2) is 9.92. The zero-order valence-electron chi connectivity index (χ0n) is 17.9. The van der Waals surface area contributed by atoms with Crippen LogP contribution in [0.5, 0.6) is 0 Å². The number of sulfonamides is 1.